The van der Waals surface area contributed by atoms with Crippen molar-refractivity contribution in [3.8, 4) is 11.1 Å². The Bertz CT molecular complexity index is 897. The van der Waals surface area contributed by atoms with Crippen LogP contribution in [0.15, 0.2) is 24.5 Å². The van der Waals surface area contributed by atoms with Crippen molar-refractivity contribution in [3.63, 3.8) is 0 Å². The number of ether oxygens (including phenoxy) is 1. The molecule has 30 heavy (non-hydrogen) atoms. The van der Waals surface area contributed by atoms with Crippen molar-refractivity contribution >= 4 is 17.7 Å². The molecule has 2 aromatic rings. The summed E-state index contributed by atoms with van der Waals surface area (Å²) in [5, 5.41) is 3.54. The minimum absolute atomic E-state index is 0.118. The van der Waals surface area contributed by atoms with Crippen LogP contribution in [0.4, 0.5) is 11.8 Å². The third kappa shape index (κ3) is 4.53. The quantitative estimate of drug-likeness (QED) is 0.811. The first-order valence-corrected chi connectivity index (χ1v) is 10.6. The number of pyridine rings is 1. The molecule has 8 nitrogen and oxygen atoms in total. The largest absolute Gasteiger partial charge is 0.381 e. The van der Waals surface area contributed by atoms with E-state index in [1.807, 2.05) is 42.4 Å². The Morgan fingerprint density at radius 3 is 2.73 bits per heavy atom. The lowest BCUT2D eigenvalue weighted by Crippen LogP contribution is -2.28. The number of carbonyl (C=O) groups excluding carboxylic acids is 1. The number of nitrogens with one attached hydrogen (secondary N) is 1. The number of hydrogen-bond donors (Lipinski definition) is 1. The average molecular weight is 411 g/mol. The van der Waals surface area contributed by atoms with E-state index in [9.17, 15) is 4.79 Å². The highest BCUT2D eigenvalue weighted by molar-refractivity contribution is 5.74. The lowest BCUT2D eigenvalue weighted by atomic mass is 9.96. The van der Waals surface area contributed by atoms with E-state index >= 15 is 0 Å². The van der Waals surface area contributed by atoms with Crippen molar-refractivity contribution in [3.05, 3.63) is 30.2 Å². The molecule has 160 valence electrons. The van der Waals surface area contributed by atoms with E-state index in [2.05, 4.69) is 21.4 Å². The summed E-state index contributed by atoms with van der Waals surface area (Å²) in [7, 11) is 3.88. The topological polar surface area (TPSA) is 83.5 Å². The Hall–Kier alpha value is -2.74. The van der Waals surface area contributed by atoms with E-state index in [-0.39, 0.29) is 11.8 Å². The molecule has 4 rings (SSSR count). The minimum Gasteiger partial charge on any atom is -0.381 e. The molecule has 0 radical (unpaired) electrons. The standard InChI is InChI=1S/C22H30N6O2/c1-15(29)28-9-5-17(14-28)21-19(13-24-22(26-21)27(2)3)16-4-8-23-20(12-16)25-18-6-10-30-11-7-18/h4,8,12-13,17-18H,5-7,9-11,14H2,1-3H3,(H,23,25). The second-order valence-electron chi connectivity index (χ2n) is 8.27. The van der Waals surface area contributed by atoms with Crippen LogP contribution in [0.3, 0.4) is 0 Å². The maximum Gasteiger partial charge on any atom is 0.225 e. The molecule has 4 heterocycles. The van der Waals surface area contributed by atoms with E-state index in [1.165, 1.54) is 0 Å². The van der Waals surface area contributed by atoms with Gasteiger partial charge in [0.2, 0.25) is 11.9 Å². The molecule has 2 aliphatic heterocycles. The second kappa shape index (κ2) is 8.95. The third-order valence-electron chi connectivity index (χ3n) is 5.87. The van der Waals surface area contributed by atoms with Gasteiger partial charge < -0.3 is 19.9 Å². The molecule has 0 saturated carbocycles. The zero-order chi connectivity index (χ0) is 21.1. The number of hydrogen-bond acceptors (Lipinski definition) is 7. The molecule has 1 unspecified atom stereocenters. The normalized spacial score (nSPS) is 19.7. The predicted molar refractivity (Wildman–Crippen MR) is 117 cm³/mol. The minimum atomic E-state index is 0.118. The lowest BCUT2D eigenvalue weighted by molar-refractivity contribution is -0.127. The van der Waals surface area contributed by atoms with Crippen LogP contribution in [-0.4, -0.2) is 72.2 Å². The van der Waals surface area contributed by atoms with Gasteiger partial charge in [0.1, 0.15) is 5.82 Å². The van der Waals surface area contributed by atoms with Gasteiger partial charge in [0.25, 0.3) is 0 Å². The Morgan fingerprint density at radius 2 is 2.03 bits per heavy atom. The summed E-state index contributed by atoms with van der Waals surface area (Å²) in [6, 6.07) is 4.46. The van der Waals surface area contributed by atoms with Crippen LogP contribution in [0, 0.1) is 0 Å². The van der Waals surface area contributed by atoms with Crippen LogP contribution in [0.2, 0.25) is 0 Å². The van der Waals surface area contributed by atoms with Crippen molar-refractivity contribution in [2.24, 2.45) is 0 Å². The molecule has 1 atom stereocenters. The summed E-state index contributed by atoms with van der Waals surface area (Å²) in [6.45, 7) is 4.68. The van der Waals surface area contributed by atoms with Gasteiger partial charge in [-0.05, 0) is 37.0 Å². The number of anilines is 2. The van der Waals surface area contributed by atoms with E-state index in [1.54, 1.807) is 6.92 Å². The van der Waals surface area contributed by atoms with Gasteiger partial charge in [0, 0.05) is 77.2 Å². The van der Waals surface area contributed by atoms with Gasteiger partial charge in [-0.3, -0.25) is 4.79 Å². The van der Waals surface area contributed by atoms with E-state index in [0.717, 1.165) is 61.7 Å². The predicted octanol–water partition coefficient (Wildman–Crippen LogP) is 2.53. The highest BCUT2D eigenvalue weighted by atomic mass is 16.5. The van der Waals surface area contributed by atoms with Gasteiger partial charge in [-0.2, -0.15) is 0 Å². The Morgan fingerprint density at radius 1 is 1.23 bits per heavy atom. The van der Waals surface area contributed by atoms with Gasteiger partial charge in [0.15, 0.2) is 0 Å². The van der Waals surface area contributed by atoms with E-state index in [0.29, 0.717) is 18.5 Å². The fourth-order valence-corrected chi connectivity index (χ4v) is 4.13. The fourth-order valence-electron chi connectivity index (χ4n) is 4.13. The number of rotatable bonds is 5. The lowest BCUT2D eigenvalue weighted by Gasteiger charge is -2.24. The monoisotopic (exact) mass is 410 g/mol. The second-order valence-corrected chi connectivity index (χ2v) is 8.27. The van der Waals surface area contributed by atoms with Crippen LogP contribution in [0.5, 0.6) is 0 Å². The van der Waals surface area contributed by atoms with Crippen molar-refractivity contribution in [1.29, 1.82) is 0 Å². The highest BCUT2D eigenvalue weighted by Gasteiger charge is 2.29. The highest BCUT2D eigenvalue weighted by Crippen LogP contribution is 2.34. The smallest absolute Gasteiger partial charge is 0.225 e. The molecule has 2 fully saturated rings. The third-order valence-corrected chi connectivity index (χ3v) is 5.87. The van der Waals surface area contributed by atoms with Crippen molar-refractivity contribution < 1.29 is 9.53 Å². The number of likely N-dealkylation sites (tertiary alicyclic amines) is 1. The zero-order valence-corrected chi connectivity index (χ0v) is 18.0. The molecule has 8 heteroatoms. The SMILES string of the molecule is CC(=O)N1CCC(c2nc(N(C)C)ncc2-c2ccnc(NC3CCOCC3)c2)C1. The van der Waals surface area contributed by atoms with Crippen LogP contribution in [0.25, 0.3) is 11.1 Å². The summed E-state index contributed by atoms with van der Waals surface area (Å²) in [5.74, 6) is 1.86. The molecule has 0 spiro atoms. The molecular weight excluding hydrogens is 380 g/mol. The first kappa shape index (κ1) is 20.5. The number of nitrogens with zero attached hydrogens (tertiary/aromatic N) is 5. The van der Waals surface area contributed by atoms with Gasteiger partial charge in [0.05, 0.1) is 5.69 Å². The van der Waals surface area contributed by atoms with Crippen molar-refractivity contribution in [2.75, 3.05) is 50.6 Å². The summed E-state index contributed by atoms with van der Waals surface area (Å²) >= 11 is 0. The molecule has 1 N–H and O–H groups in total. The molecule has 1 amide bonds. The van der Waals surface area contributed by atoms with Crippen LogP contribution in [-0.2, 0) is 9.53 Å². The number of amides is 1. The Balaban J connectivity index is 1.64. The molecule has 2 saturated heterocycles. The number of carbonyl (C=O) groups is 1. The van der Waals surface area contributed by atoms with Crippen molar-refractivity contribution in [2.45, 2.75) is 38.1 Å². The van der Waals surface area contributed by atoms with E-state index in [4.69, 9.17) is 9.72 Å². The molecule has 2 aromatic heterocycles. The van der Waals surface area contributed by atoms with Crippen molar-refractivity contribution in [1.82, 2.24) is 19.9 Å². The zero-order valence-electron chi connectivity index (χ0n) is 18.0. The van der Waals surface area contributed by atoms with Crippen LogP contribution in [0.1, 0.15) is 37.8 Å². The Labute approximate surface area is 177 Å². The van der Waals surface area contributed by atoms with Gasteiger partial charge in [-0.15, -0.1) is 0 Å². The molecule has 0 aliphatic carbocycles. The molecular formula is C22H30N6O2. The summed E-state index contributed by atoms with van der Waals surface area (Å²) in [6.07, 6.45) is 6.62. The molecule has 0 bridgehead atoms. The summed E-state index contributed by atoms with van der Waals surface area (Å²) in [4.78, 5) is 29.6. The first-order chi connectivity index (χ1) is 14.5. The molecule has 0 aromatic carbocycles. The summed E-state index contributed by atoms with van der Waals surface area (Å²) < 4.78 is 5.45. The fraction of sp³-hybridized carbons (Fsp3) is 0.545. The van der Waals surface area contributed by atoms with Gasteiger partial charge in [-0.1, -0.05) is 0 Å². The summed E-state index contributed by atoms with van der Waals surface area (Å²) in [5.41, 5.74) is 3.05. The number of aromatic nitrogens is 3. The first-order valence-electron chi connectivity index (χ1n) is 10.6. The van der Waals surface area contributed by atoms with Crippen LogP contribution < -0.4 is 10.2 Å². The Kier molecular flexibility index (Phi) is 6.13. The maximum atomic E-state index is 11.8. The molecule has 2 aliphatic rings. The van der Waals surface area contributed by atoms with Gasteiger partial charge >= 0.3 is 0 Å². The maximum absolute atomic E-state index is 11.8. The average Bonchev–Trinajstić information content (AvgIpc) is 3.25. The van der Waals surface area contributed by atoms with Crippen LogP contribution >= 0.6 is 0 Å². The van der Waals surface area contributed by atoms with Gasteiger partial charge in [-0.25, -0.2) is 15.0 Å². The van der Waals surface area contributed by atoms with E-state index < -0.39 is 0 Å².